The molecule has 0 aliphatic heterocycles. The van der Waals surface area contributed by atoms with Crippen molar-refractivity contribution < 1.29 is 9.15 Å². The minimum absolute atomic E-state index is 0.877. The van der Waals surface area contributed by atoms with Crippen LogP contribution in [0, 0.1) is 0 Å². The van der Waals surface area contributed by atoms with Crippen LogP contribution in [0.4, 0.5) is 0 Å². The first kappa shape index (κ1) is 12.3. The second kappa shape index (κ2) is 4.16. The van der Waals surface area contributed by atoms with Crippen LogP contribution in [-0.4, -0.2) is 38.5 Å². The highest BCUT2D eigenvalue weighted by Crippen LogP contribution is 2.32. The largest absolute Gasteiger partial charge is 0.496 e. The number of hydrogen-bond donors (Lipinski definition) is 0. The molecule has 6 heteroatoms. The van der Waals surface area contributed by atoms with Gasteiger partial charge in [-0.05, 0) is 12.1 Å². The molecular weight excluding hydrogens is 231 g/mol. The van der Waals surface area contributed by atoms with E-state index < -0.39 is 0 Å². The Morgan fingerprint density at radius 2 is 1.58 bits per heavy atom. The van der Waals surface area contributed by atoms with Crippen molar-refractivity contribution in [2.24, 2.45) is 0 Å². The second-order valence-corrected chi connectivity index (χ2v) is 5.14. The Morgan fingerprint density at radius 3 is 2.26 bits per heavy atom. The standard InChI is InChI=1S/C13H14B4O2/c1-18-5-3-2-4-6-7(5)8-9(14)10(15)11(16)12(17)13(8)19-6/h2-4H,14-17H2,1H3. The predicted molar refractivity (Wildman–Crippen MR) is 93.0 cm³/mol. The van der Waals surface area contributed by atoms with Gasteiger partial charge >= 0.3 is 0 Å². The Hall–Kier alpha value is -1.70. The topological polar surface area (TPSA) is 22.4 Å². The Kier molecular flexibility index (Phi) is 2.70. The third-order valence-corrected chi connectivity index (χ3v) is 4.30. The molecule has 0 N–H and O–H groups in total. The van der Waals surface area contributed by atoms with E-state index in [1.54, 1.807) is 7.11 Å². The summed E-state index contributed by atoms with van der Waals surface area (Å²) in [6.45, 7) is 0. The molecule has 3 rings (SSSR count). The zero-order chi connectivity index (χ0) is 13.7. The van der Waals surface area contributed by atoms with Crippen molar-refractivity contribution in [1.29, 1.82) is 0 Å². The molecule has 0 unspecified atom stereocenters. The van der Waals surface area contributed by atoms with Crippen LogP contribution >= 0.6 is 0 Å². The summed E-state index contributed by atoms with van der Waals surface area (Å²) in [6, 6.07) is 5.95. The quantitative estimate of drug-likeness (QED) is 0.418. The lowest BCUT2D eigenvalue weighted by Gasteiger charge is -2.11. The third kappa shape index (κ3) is 1.55. The summed E-state index contributed by atoms with van der Waals surface area (Å²) in [5.74, 6) is 0.877. The smallest absolute Gasteiger partial charge is 0.143 e. The van der Waals surface area contributed by atoms with Crippen molar-refractivity contribution in [3.8, 4) is 5.75 Å². The zero-order valence-corrected chi connectivity index (χ0v) is 12.0. The van der Waals surface area contributed by atoms with Crippen LogP contribution < -0.4 is 26.6 Å². The Morgan fingerprint density at radius 1 is 0.895 bits per heavy atom. The van der Waals surface area contributed by atoms with E-state index in [0.29, 0.717) is 0 Å². The molecule has 1 aromatic heterocycles. The van der Waals surface area contributed by atoms with Gasteiger partial charge in [-0.1, -0.05) is 22.5 Å². The van der Waals surface area contributed by atoms with E-state index >= 15 is 0 Å². The molecule has 3 aromatic rings. The molecule has 0 aliphatic rings. The van der Waals surface area contributed by atoms with E-state index in [4.69, 9.17) is 9.15 Å². The van der Waals surface area contributed by atoms with Gasteiger partial charge in [0.1, 0.15) is 48.3 Å². The van der Waals surface area contributed by atoms with Gasteiger partial charge in [0.2, 0.25) is 0 Å². The van der Waals surface area contributed by atoms with Gasteiger partial charge in [0.15, 0.2) is 0 Å². The first-order valence-corrected chi connectivity index (χ1v) is 6.51. The summed E-state index contributed by atoms with van der Waals surface area (Å²) < 4.78 is 11.6. The van der Waals surface area contributed by atoms with Gasteiger partial charge in [0.05, 0.1) is 12.5 Å². The fourth-order valence-electron chi connectivity index (χ4n) is 2.83. The van der Waals surface area contributed by atoms with E-state index in [1.807, 2.05) is 18.2 Å². The molecule has 90 valence electrons. The summed E-state index contributed by atoms with van der Waals surface area (Å²) in [4.78, 5) is 0. The normalized spacial score (nSPS) is 11.2. The molecule has 0 amide bonds. The van der Waals surface area contributed by atoms with E-state index in [-0.39, 0.29) is 0 Å². The number of furan rings is 1. The zero-order valence-electron chi connectivity index (χ0n) is 12.0. The lowest BCUT2D eigenvalue weighted by molar-refractivity contribution is 0.420. The monoisotopic (exact) mass is 246 g/mol. The number of fused-ring (bicyclic) bond motifs is 3. The summed E-state index contributed by atoms with van der Waals surface area (Å²) in [6.07, 6.45) is 0. The van der Waals surface area contributed by atoms with E-state index in [1.165, 1.54) is 27.2 Å². The van der Waals surface area contributed by atoms with Crippen molar-refractivity contribution in [3.05, 3.63) is 18.2 Å². The molecule has 0 saturated carbocycles. The Balaban J connectivity index is 2.65. The lowest BCUT2D eigenvalue weighted by Crippen LogP contribution is -2.47. The van der Waals surface area contributed by atoms with Gasteiger partial charge in [-0.2, -0.15) is 0 Å². The number of hydrogen-bond acceptors (Lipinski definition) is 2. The van der Waals surface area contributed by atoms with Crippen molar-refractivity contribution >= 4 is 75.2 Å². The molecule has 19 heavy (non-hydrogen) atoms. The van der Waals surface area contributed by atoms with Crippen LogP contribution in [0.2, 0.25) is 0 Å². The van der Waals surface area contributed by atoms with Crippen molar-refractivity contribution in [2.75, 3.05) is 7.11 Å². The molecule has 0 saturated heterocycles. The highest BCUT2D eigenvalue weighted by atomic mass is 16.5. The number of rotatable bonds is 1. The van der Waals surface area contributed by atoms with Gasteiger partial charge in [-0.15, -0.1) is 5.46 Å². The van der Waals surface area contributed by atoms with Crippen LogP contribution in [0.15, 0.2) is 22.6 Å². The number of benzene rings is 2. The van der Waals surface area contributed by atoms with Crippen LogP contribution in [0.5, 0.6) is 5.75 Å². The van der Waals surface area contributed by atoms with Crippen LogP contribution in [0.25, 0.3) is 21.9 Å². The van der Waals surface area contributed by atoms with E-state index in [9.17, 15) is 0 Å². The predicted octanol–water partition coefficient (Wildman–Crippen LogP) is -3.37. The molecule has 0 atom stereocenters. The average molecular weight is 246 g/mol. The highest BCUT2D eigenvalue weighted by molar-refractivity contribution is 6.67. The molecule has 0 fully saturated rings. The molecule has 0 aliphatic carbocycles. The fourth-order valence-corrected chi connectivity index (χ4v) is 2.83. The minimum Gasteiger partial charge on any atom is -0.496 e. The summed E-state index contributed by atoms with van der Waals surface area (Å²) >= 11 is 0. The molecular formula is C13H14B4O2. The SMILES string of the molecule is Bc1c(B)c(B)c2c(oc3cccc(OC)c32)c1B. The molecule has 0 spiro atoms. The van der Waals surface area contributed by atoms with Gasteiger partial charge < -0.3 is 9.15 Å². The van der Waals surface area contributed by atoms with Crippen LogP contribution in [0.1, 0.15) is 0 Å². The van der Waals surface area contributed by atoms with Gasteiger partial charge in [-0.25, -0.2) is 0 Å². The fraction of sp³-hybridized carbons (Fsp3) is 0.0769. The maximum atomic E-state index is 6.06. The molecule has 2 aromatic carbocycles. The van der Waals surface area contributed by atoms with Crippen LogP contribution in [-0.2, 0) is 0 Å². The first-order chi connectivity index (χ1) is 9.06. The molecule has 0 bridgehead atoms. The van der Waals surface area contributed by atoms with Gasteiger partial charge in [-0.3, -0.25) is 0 Å². The second-order valence-electron chi connectivity index (χ2n) is 5.14. The lowest BCUT2D eigenvalue weighted by atomic mass is 9.65. The summed E-state index contributed by atoms with van der Waals surface area (Å²) in [5.41, 5.74) is 7.02. The minimum atomic E-state index is 0.877. The molecule has 1 heterocycles. The summed E-state index contributed by atoms with van der Waals surface area (Å²) in [7, 11) is 10.3. The molecule has 0 radical (unpaired) electrons. The van der Waals surface area contributed by atoms with E-state index in [0.717, 1.165) is 22.3 Å². The Bertz CT molecular complexity index is 808. The number of ether oxygens (including phenoxy) is 1. The van der Waals surface area contributed by atoms with Crippen molar-refractivity contribution in [1.82, 2.24) is 0 Å². The maximum absolute atomic E-state index is 6.06. The first-order valence-electron chi connectivity index (χ1n) is 6.51. The number of methoxy groups -OCH3 is 1. The van der Waals surface area contributed by atoms with Crippen molar-refractivity contribution in [2.45, 2.75) is 0 Å². The van der Waals surface area contributed by atoms with Crippen molar-refractivity contribution in [3.63, 3.8) is 0 Å². The maximum Gasteiger partial charge on any atom is 0.143 e. The Labute approximate surface area is 116 Å². The van der Waals surface area contributed by atoms with E-state index in [2.05, 4.69) is 31.4 Å². The van der Waals surface area contributed by atoms with Gasteiger partial charge in [0, 0.05) is 5.39 Å². The van der Waals surface area contributed by atoms with Crippen LogP contribution in [0.3, 0.4) is 0 Å². The average Bonchev–Trinajstić information content (AvgIpc) is 2.82. The van der Waals surface area contributed by atoms with Gasteiger partial charge in [0.25, 0.3) is 0 Å². The highest BCUT2D eigenvalue weighted by Gasteiger charge is 2.17. The summed E-state index contributed by atoms with van der Waals surface area (Å²) in [5, 5.41) is 2.27. The molecule has 2 nitrogen and oxygen atoms in total. The third-order valence-electron chi connectivity index (χ3n) is 4.30.